The van der Waals surface area contributed by atoms with E-state index in [1.165, 1.54) is 32.1 Å². The van der Waals surface area contributed by atoms with Crippen LogP contribution in [0.2, 0.25) is 0 Å². The molecular formula is C20H34N4S. The Kier molecular flexibility index (Phi) is 4.60. The minimum atomic E-state index is 0.468. The molecule has 4 rings (SSSR count). The van der Waals surface area contributed by atoms with Gasteiger partial charge in [-0.25, -0.2) is 4.98 Å². The van der Waals surface area contributed by atoms with Crippen molar-refractivity contribution in [3.05, 3.63) is 5.82 Å². The molecule has 0 radical (unpaired) electrons. The van der Waals surface area contributed by atoms with Crippen molar-refractivity contribution in [1.29, 1.82) is 0 Å². The van der Waals surface area contributed by atoms with Gasteiger partial charge in [-0.3, -0.25) is 0 Å². The van der Waals surface area contributed by atoms with Crippen LogP contribution in [0, 0.1) is 22.7 Å². The second kappa shape index (κ2) is 6.49. The summed E-state index contributed by atoms with van der Waals surface area (Å²) in [6, 6.07) is 0. The molecule has 0 amide bonds. The van der Waals surface area contributed by atoms with Gasteiger partial charge in [0.2, 0.25) is 5.13 Å². The maximum Gasteiger partial charge on any atom is 0.205 e. The molecule has 3 atom stereocenters. The summed E-state index contributed by atoms with van der Waals surface area (Å²) in [5, 5.41) is 4.56. The molecule has 1 aliphatic heterocycles. The van der Waals surface area contributed by atoms with E-state index in [1.807, 2.05) is 0 Å². The average Bonchev–Trinajstić information content (AvgIpc) is 3.10. The molecule has 1 saturated heterocycles. The Bertz CT molecular complexity index is 603. The van der Waals surface area contributed by atoms with Crippen molar-refractivity contribution in [2.75, 3.05) is 31.1 Å². The molecule has 5 heteroatoms. The molecule has 2 saturated carbocycles. The number of anilines is 1. The monoisotopic (exact) mass is 362 g/mol. The summed E-state index contributed by atoms with van der Waals surface area (Å²) in [5.41, 5.74) is 0.975. The predicted octanol–water partition coefficient (Wildman–Crippen LogP) is 4.29. The predicted molar refractivity (Wildman–Crippen MR) is 105 cm³/mol. The van der Waals surface area contributed by atoms with E-state index in [0.29, 0.717) is 16.7 Å². The second-order valence-electron chi connectivity index (χ2n) is 9.87. The lowest BCUT2D eigenvalue weighted by atomic mass is 9.50. The fourth-order valence-electron chi connectivity index (χ4n) is 5.60. The van der Waals surface area contributed by atoms with Crippen LogP contribution in [0.3, 0.4) is 0 Å². The molecule has 1 aromatic heterocycles. The Morgan fingerprint density at radius 2 is 1.68 bits per heavy atom. The standard InChI is InChI=1S/C20H34N4S/c1-19(2)7-8-20(3,4)16-13-14(5-6-15(16)19)17-22-18(25-23-17)24-11-9-21-10-12-24/h14-16,21H,5-13H2,1-4H3. The Morgan fingerprint density at radius 1 is 1.00 bits per heavy atom. The van der Waals surface area contributed by atoms with Crippen LogP contribution >= 0.6 is 11.5 Å². The van der Waals surface area contributed by atoms with E-state index in [2.05, 4.69) is 37.9 Å². The number of nitrogens with one attached hydrogen (secondary N) is 1. The largest absolute Gasteiger partial charge is 0.344 e. The lowest BCUT2D eigenvalue weighted by Crippen LogP contribution is -2.47. The maximum absolute atomic E-state index is 4.98. The van der Waals surface area contributed by atoms with Crippen LogP contribution in [0.15, 0.2) is 0 Å². The molecule has 3 unspecified atom stereocenters. The highest BCUT2D eigenvalue weighted by molar-refractivity contribution is 7.09. The topological polar surface area (TPSA) is 41.1 Å². The molecule has 3 fully saturated rings. The first-order valence-corrected chi connectivity index (χ1v) is 10.9. The first-order valence-electron chi connectivity index (χ1n) is 10.2. The van der Waals surface area contributed by atoms with E-state index in [1.54, 1.807) is 11.5 Å². The number of piperazine rings is 1. The smallest absolute Gasteiger partial charge is 0.205 e. The first-order chi connectivity index (χ1) is 11.9. The molecular weight excluding hydrogens is 328 g/mol. The zero-order valence-corrected chi connectivity index (χ0v) is 17.2. The van der Waals surface area contributed by atoms with E-state index in [4.69, 9.17) is 9.36 Å². The number of rotatable bonds is 2. The minimum Gasteiger partial charge on any atom is -0.344 e. The molecule has 4 nitrogen and oxygen atoms in total. The van der Waals surface area contributed by atoms with Crippen molar-refractivity contribution in [1.82, 2.24) is 14.7 Å². The normalized spacial score (nSPS) is 34.6. The summed E-state index contributed by atoms with van der Waals surface area (Å²) in [5.74, 6) is 3.40. The van der Waals surface area contributed by atoms with Crippen LogP contribution in [0.1, 0.15) is 71.5 Å². The third-order valence-electron chi connectivity index (χ3n) is 7.46. The van der Waals surface area contributed by atoms with Crippen molar-refractivity contribution in [3.8, 4) is 0 Å². The summed E-state index contributed by atoms with van der Waals surface area (Å²) in [4.78, 5) is 7.38. The Morgan fingerprint density at radius 3 is 2.40 bits per heavy atom. The Labute approximate surface area is 157 Å². The number of hydrogen-bond acceptors (Lipinski definition) is 5. The fraction of sp³-hybridized carbons (Fsp3) is 0.900. The molecule has 25 heavy (non-hydrogen) atoms. The minimum absolute atomic E-state index is 0.468. The van der Waals surface area contributed by atoms with Gasteiger partial charge in [-0.15, -0.1) is 0 Å². The number of hydrogen-bond donors (Lipinski definition) is 1. The van der Waals surface area contributed by atoms with Gasteiger partial charge in [0.15, 0.2) is 0 Å². The third kappa shape index (κ3) is 3.34. The van der Waals surface area contributed by atoms with E-state index in [-0.39, 0.29) is 0 Å². The molecule has 3 aliphatic rings. The lowest BCUT2D eigenvalue weighted by Gasteiger charge is -2.55. The molecule has 0 aromatic carbocycles. The Hall–Kier alpha value is -0.680. The van der Waals surface area contributed by atoms with Crippen molar-refractivity contribution in [3.63, 3.8) is 0 Å². The van der Waals surface area contributed by atoms with Crippen molar-refractivity contribution in [2.24, 2.45) is 22.7 Å². The van der Waals surface area contributed by atoms with Crippen LogP contribution in [-0.2, 0) is 0 Å². The molecule has 2 aliphatic carbocycles. The van der Waals surface area contributed by atoms with Gasteiger partial charge in [-0.1, -0.05) is 27.7 Å². The second-order valence-corrected chi connectivity index (χ2v) is 10.6. The lowest BCUT2D eigenvalue weighted by molar-refractivity contribution is -0.0504. The van der Waals surface area contributed by atoms with Gasteiger partial charge >= 0.3 is 0 Å². The SMILES string of the molecule is CC1(C)CCC(C)(C)C2CC(c3nsc(N4CCNCC4)n3)CCC21. The molecule has 1 N–H and O–H groups in total. The van der Waals surface area contributed by atoms with Gasteiger partial charge in [0.1, 0.15) is 5.82 Å². The van der Waals surface area contributed by atoms with Crippen LogP contribution in [0.25, 0.3) is 0 Å². The average molecular weight is 363 g/mol. The van der Waals surface area contributed by atoms with Crippen LogP contribution in [0.4, 0.5) is 5.13 Å². The van der Waals surface area contributed by atoms with Gasteiger partial charge < -0.3 is 10.2 Å². The Balaban J connectivity index is 1.50. The molecule has 1 aromatic rings. The van der Waals surface area contributed by atoms with Crippen molar-refractivity contribution >= 4 is 16.7 Å². The summed E-state index contributed by atoms with van der Waals surface area (Å²) in [7, 11) is 0. The zero-order chi connectivity index (χ0) is 17.7. The van der Waals surface area contributed by atoms with Crippen molar-refractivity contribution < 1.29 is 0 Å². The van der Waals surface area contributed by atoms with Crippen molar-refractivity contribution in [2.45, 2.75) is 65.7 Å². The molecule has 2 heterocycles. The van der Waals surface area contributed by atoms with Gasteiger partial charge in [-0.2, -0.15) is 4.37 Å². The highest BCUT2D eigenvalue weighted by Gasteiger charge is 2.50. The summed E-state index contributed by atoms with van der Waals surface area (Å²) >= 11 is 1.62. The van der Waals surface area contributed by atoms with Gasteiger partial charge in [0, 0.05) is 43.6 Å². The van der Waals surface area contributed by atoms with E-state index >= 15 is 0 Å². The van der Waals surface area contributed by atoms with Crippen LogP contribution in [-0.4, -0.2) is 35.5 Å². The van der Waals surface area contributed by atoms with Gasteiger partial charge in [0.05, 0.1) is 0 Å². The van der Waals surface area contributed by atoms with Crippen LogP contribution in [0.5, 0.6) is 0 Å². The summed E-state index contributed by atoms with van der Waals surface area (Å²) in [6.07, 6.45) is 6.67. The first kappa shape index (κ1) is 17.7. The number of nitrogens with zero attached hydrogens (tertiary/aromatic N) is 3. The quantitative estimate of drug-likeness (QED) is 0.852. The van der Waals surface area contributed by atoms with Gasteiger partial charge in [0.25, 0.3) is 0 Å². The molecule has 0 spiro atoms. The highest BCUT2D eigenvalue weighted by atomic mass is 32.1. The van der Waals surface area contributed by atoms with E-state index < -0.39 is 0 Å². The maximum atomic E-state index is 4.98. The molecule has 140 valence electrons. The summed E-state index contributed by atoms with van der Waals surface area (Å²) < 4.78 is 4.81. The fourth-order valence-corrected chi connectivity index (χ4v) is 6.39. The highest BCUT2D eigenvalue weighted by Crippen LogP contribution is 2.59. The van der Waals surface area contributed by atoms with E-state index in [9.17, 15) is 0 Å². The summed E-state index contributed by atoms with van der Waals surface area (Å²) in [6.45, 7) is 14.3. The molecule has 0 bridgehead atoms. The van der Waals surface area contributed by atoms with Crippen LogP contribution < -0.4 is 10.2 Å². The number of aromatic nitrogens is 2. The zero-order valence-electron chi connectivity index (χ0n) is 16.3. The van der Waals surface area contributed by atoms with E-state index in [0.717, 1.165) is 49.0 Å². The number of fused-ring (bicyclic) bond motifs is 1. The van der Waals surface area contributed by atoms with Gasteiger partial charge in [-0.05, 0) is 54.8 Å². The third-order valence-corrected chi connectivity index (χ3v) is 8.25.